The standard InChI is InChI=1S/C14H19FN2O/c1-10-6-11(2-3-13(10)15)9-17-14(18)7-12-4-5-16-8-12/h2-3,6,12,16H,4-5,7-9H2,1H3,(H,17,18). The Hall–Kier alpha value is -1.42. The van der Waals surface area contributed by atoms with E-state index in [0.29, 0.717) is 24.4 Å². The molecular weight excluding hydrogens is 231 g/mol. The number of carbonyl (C=O) groups excluding carboxylic acids is 1. The number of aryl methyl sites for hydroxylation is 1. The van der Waals surface area contributed by atoms with Crippen molar-refractivity contribution in [3.63, 3.8) is 0 Å². The molecule has 0 radical (unpaired) electrons. The Labute approximate surface area is 107 Å². The summed E-state index contributed by atoms with van der Waals surface area (Å²) in [4.78, 5) is 11.7. The Morgan fingerprint density at radius 2 is 2.39 bits per heavy atom. The van der Waals surface area contributed by atoms with Crippen LogP contribution in [-0.2, 0) is 11.3 Å². The molecule has 1 unspecified atom stereocenters. The predicted molar refractivity (Wildman–Crippen MR) is 68.6 cm³/mol. The van der Waals surface area contributed by atoms with Crippen molar-refractivity contribution in [2.24, 2.45) is 5.92 Å². The highest BCUT2D eigenvalue weighted by atomic mass is 19.1. The maximum Gasteiger partial charge on any atom is 0.220 e. The quantitative estimate of drug-likeness (QED) is 0.854. The first-order valence-electron chi connectivity index (χ1n) is 6.37. The molecule has 1 amide bonds. The van der Waals surface area contributed by atoms with E-state index in [1.54, 1.807) is 19.1 Å². The molecule has 1 aliphatic rings. The van der Waals surface area contributed by atoms with E-state index in [-0.39, 0.29) is 11.7 Å². The monoisotopic (exact) mass is 250 g/mol. The third kappa shape index (κ3) is 3.53. The fourth-order valence-corrected chi connectivity index (χ4v) is 2.24. The van der Waals surface area contributed by atoms with Crippen molar-refractivity contribution in [2.45, 2.75) is 26.3 Å². The summed E-state index contributed by atoms with van der Waals surface area (Å²) in [6.07, 6.45) is 1.65. The van der Waals surface area contributed by atoms with Gasteiger partial charge in [-0.1, -0.05) is 12.1 Å². The molecule has 1 aromatic carbocycles. The summed E-state index contributed by atoms with van der Waals surface area (Å²) in [5.41, 5.74) is 1.55. The number of halogens is 1. The molecule has 1 heterocycles. The molecule has 3 nitrogen and oxygen atoms in total. The van der Waals surface area contributed by atoms with Gasteiger partial charge in [0, 0.05) is 13.0 Å². The van der Waals surface area contributed by atoms with E-state index in [1.807, 2.05) is 0 Å². The number of hydrogen-bond acceptors (Lipinski definition) is 2. The van der Waals surface area contributed by atoms with E-state index < -0.39 is 0 Å². The average Bonchev–Trinajstić information content (AvgIpc) is 2.83. The third-order valence-electron chi connectivity index (χ3n) is 3.35. The molecule has 0 aromatic heterocycles. The van der Waals surface area contributed by atoms with Crippen LogP contribution >= 0.6 is 0 Å². The third-order valence-corrected chi connectivity index (χ3v) is 3.35. The van der Waals surface area contributed by atoms with Gasteiger partial charge in [0.1, 0.15) is 5.82 Å². The molecule has 2 rings (SSSR count). The topological polar surface area (TPSA) is 41.1 Å². The minimum absolute atomic E-state index is 0.0747. The van der Waals surface area contributed by atoms with Crippen LogP contribution in [0.1, 0.15) is 24.0 Å². The van der Waals surface area contributed by atoms with Gasteiger partial charge in [0.15, 0.2) is 0 Å². The van der Waals surface area contributed by atoms with Gasteiger partial charge in [-0.25, -0.2) is 4.39 Å². The Morgan fingerprint density at radius 3 is 3.06 bits per heavy atom. The van der Waals surface area contributed by atoms with Gasteiger partial charge in [-0.3, -0.25) is 4.79 Å². The van der Waals surface area contributed by atoms with Crippen LogP contribution in [0, 0.1) is 18.7 Å². The number of hydrogen-bond donors (Lipinski definition) is 2. The van der Waals surface area contributed by atoms with Gasteiger partial charge >= 0.3 is 0 Å². The van der Waals surface area contributed by atoms with Gasteiger partial charge in [0.25, 0.3) is 0 Å². The van der Waals surface area contributed by atoms with Crippen LogP contribution in [0.15, 0.2) is 18.2 Å². The zero-order valence-corrected chi connectivity index (χ0v) is 10.6. The van der Waals surface area contributed by atoms with E-state index >= 15 is 0 Å². The maximum atomic E-state index is 13.1. The highest BCUT2D eigenvalue weighted by Gasteiger charge is 2.17. The highest BCUT2D eigenvalue weighted by Crippen LogP contribution is 2.12. The molecule has 1 fully saturated rings. The molecule has 1 aliphatic heterocycles. The summed E-state index contributed by atoms with van der Waals surface area (Å²) >= 11 is 0. The van der Waals surface area contributed by atoms with Crippen molar-refractivity contribution in [3.05, 3.63) is 35.1 Å². The first kappa shape index (κ1) is 13.0. The minimum Gasteiger partial charge on any atom is -0.352 e. The smallest absolute Gasteiger partial charge is 0.220 e. The summed E-state index contributed by atoms with van der Waals surface area (Å²) < 4.78 is 13.1. The summed E-state index contributed by atoms with van der Waals surface area (Å²) in [6, 6.07) is 4.92. The maximum absolute atomic E-state index is 13.1. The summed E-state index contributed by atoms with van der Waals surface area (Å²) in [6.45, 7) is 4.14. The second-order valence-corrected chi connectivity index (χ2v) is 4.92. The molecular formula is C14H19FN2O. The van der Waals surface area contributed by atoms with Gasteiger partial charge < -0.3 is 10.6 Å². The molecule has 2 N–H and O–H groups in total. The van der Waals surface area contributed by atoms with Crippen LogP contribution in [0.2, 0.25) is 0 Å². The summed E-state index contributed by atoms with van der Waals surface area (Å²) in [5, 5.41) is 6.13. The fourth-order valence-electron chi connectivity index (χ4n) is 2.24. The van der Waals surface area contributed by atoms with Gasteiger partial charge in [0.05, 0.1) is 0 Å². The van der Waals surface area contributed by atoms with Gasteiger partial charge in [-0.2, -0.15) is 0 Å². The molecule has 98 valence electrons. The Kier molecular flexibility index (Phi) is 4.31. The Balaban J connectivity index is 1.79. The van der Waals surface area contributed by atoms with Crippen molar-refractivity contribution >= 4 is 5.91 Å². The lowest BCUT2D eigenvalue weighted by Gasteiger charge is -2.09. The van der Waals surface area contributed by atoms with Gasteiger partial charge in [-0.05, 0) is 49.5 Å². The summed E-state index contributed by atoms with van der Waals surface area (Å²) in [7, 11) is 0. The lowest BCUT2D eigenvalue weighted by atomic mass is 10.0. The van der Waals surface area contributed by atoms with Crippen LogP contribution in [0.5, 0.6) is 0 Å². The number of carbonyl (C=O) groups is 1. The van der Waals surface area contributed by atoms with Crippen LogP contribution in [0.25, 0.3) is 0 Å². The largest absolute Gasteiger partial charge is 0.352 e. The van der Waals surface area contributed by atoms with Crippen LogP contribution < -0.4 is 10.6 Å². The lowest BCUT2D eigenvalue weighted by Crippen LogP contribution is -2.25. The second-order valence-electron chi connectivity index (χ2n) is 4.92. The first-order valence-corrected chi connectivity index (χ1v) is 6.37. The molecule has 1 aromatic rings. The molecule has 0 bridgehead atoms. The average molecular weight is 250 g/mol. The predicted octanol–water partition coefficient (Wildman–Crippen LogP) is 1.75. The summed E-state index contributed by atoms with van der Waals surface area (Å²) in [5.74, 6) is 0.327. The zero-order valence-electron chi connectivity index (χ0n) is 10.6. The lowest BCUT2D eigenvalue weighted by molar-refractivity contribution is -0.122. The van der Waals surface area contributed by atoms with Crippen molar-refractivity contribution in [3.8, 4) is 0 Å². The molecule has 4 heteroatoms. The van der Waals surface area contributed by atoms with Crippen molar-refractivity contribution in [1.29, 1.82) is 0 Å². The number of amides is 1. The molecule has 1 atom stereocenters. The Morgan fingerprint density at radius 1 is 1.56 bits per heavy atom. The second kappa shape index (κ2) is 5.96. The number of nitrogens with one attached hydrogen (secondary N) is 2. The van der Waals surface area contributed by atoms with Crippen molar-refractivity contribution in [2.75, 3.05) is 13.1 Å². The zero-order chi connectivity index (χ0) is 13.0. The van der Waals surface area contributed by atoms with Crippen molar-refractivity contribution < 1.29 is 9.18 Å². The molecule has 1 saturated heterocycles. The molecule has 0 spiro atoms. The van der Waals surface area contributed by atoms with E-state index in [1.165, 1.54) is 6.07 Å². The van der Waals surface area contributed by atoms with E-state index in [4.69, 9.17) is 0 Å². The van der Waals surface area contributed by atoms with Crippen molar-refractivity contribution in [1.82, 2.24) is 10.6 Å². The minimum atomic E-state index is -0.206. The van der Waals surface area contributed by atoms with E-state index in [9.17, 15) is 9.18 Å². The highest BCUT2D eigenvalue weighted by molar-refractivity contribution is 5.76. The molecule has 0 saturated carbocycles. The molecule has 0 aliphatic carbocycles. The van der Waals surface area contributed by atoms with E-state index in [0.717, 1.165) is 25.1 Å². The molecule has 18 heavy (non-hydrogen) atoms. The van der Waals surface area contributed by atoms with Crippen LogP contribution in [0.4, 0.5) is 4.39 Å². The van der Waals surface area contributed by atoms with Gasteiger partial charge in [-0.15, -0.1) is 0 Å². The number of rotatable bonds is 4. The SMILES string of the molecule is Cc1cc(CNC(=O)CC2CCNC2)ccc1F. The number of benzene rings is 1. The van der Waals surface area contributed by atoms with Gasteiger partial charge in [0.2, 0.25) is 5.91 Å². The normalized spacial score (nSPS) is 18.9. The van der Waals surface area contributed by atoms with Crippen LogP contribution in [-0.4, -0.2) is 19.0 Å². The van der Waals surface area contributed by atoms with E-state index in [2.05, 4.69) is 10.6 Å². The Bertz CT molecular complexity index is 428. The fraction of sp³-hybridized carbons (Fsp3) is 0.500. The van der Waals surface area contributed by atoms with Crippen LogP contribution in [0.3, 0.4) is 0 Å². The first-order chi connectivity index (χ1) is 8.65.